The van der Waals surface area contributed by atoms with E-state index in [4.69, 9.17) is 0 Å². The van der Waals surface area contributed by atoms with E-state index in [9.17, 15) is 13.2 Å². The van der Waals surface area contributed by atoms with Crippen LogP contribution in [0.4, 0.5) is 0 Å². The SMILES string of the molecule is CC(C)c1ccc(CNC(=O)[C@H]2C[C@H](NCc3ccccc3)CCN2S(=O)(=O)c2ccc(C(C)C)cc2)cc1. The van der Waals surface area contributed by atoms with E-state index >= 15 is 0 Å². The first-order valence-electron chi connectivity index (χ1n) is 13.9. The van der Waals surface area contributed by atoms with Crippen molar-refractivity contribution in [2.75, 3.05) is 6.54 Å². The molecule has 0 radical (unpaired) electrons. The average Bonchev–Trinajstić information content (AvgIpc) is 2.95. The Bertz CT molecular complexity index is 1320. The Morgan fingerprint density at radius 3 is 1.97 bits per heavy atom. The lowest BCUT2D eigenvalue weighted by molar-refractivity contribution is -0.126. The predicted octanol–water partition coefficient (Wildman–Crippen LogP) is 5.56. The van der Waals surface area contributed by atoms with Crippen LogP contribution in [-0.2, 0) is 27.9 Å². The molecule has 1 aliphatic rings. The minimum atomic E-state index is -3.84. The smallest absolute Gasteiger partial charge is 0.243 e. The Morgan fingerprint density at radius 2 is 1.38 bits per heavy atom. The van der Waals surface area contributed by atoms with E-state index in [1.165, 1.54) is 9.87 Å². The maximum atomic E-state index is 13.8. The van der Waals surface area contributed by atoms with Crippen LogP contribution in [0, 0.1) is 0 Å². The molecule has 0 aromatic heterocycles. The van der Waals surface area contributed by atoms with Crippen LogP contribution in [0.3, 0.4) is 0 Å². The van der Waals surface area contributed by atoms with E-state index in [1.54, 1.807) is 12.1 Å². The monoisotopic (exact) mass is 547 g/mol. The number of carbonyl (C=O) groups is 1. The molecule has 2 atom stereocenters. The molecule has 0 unspecified atom stereocenters. The molecule has 3 aromatic carbocycles. The van der Waals surface area contributed by atoms with Crippen molar-refractivity contribution in [3.05, 3.63) is 101 Å². The lowest BCUT2D eigenvalue weighted by atomic mass is 9.98. The third-order valence-electron chi connectivity index (χ3n) is 7.56. The molecule has 0 spiro atoms. The fourth-order valence-corrected chi connectivity index (χ4v) is 6.61. The summed E-state index contributed by atoms with van der Waals surface area (Å²) in [5.74, 6) is 0.474. The van der Waals surface area contributed by atoms with Crippen LogP contribution in [0.2, 0.25) is 0 Å². The Labute approximate surface area is 233 Å². The second kappa shape index (κ2) is 12.9. The minimum absolute atomic E-state index is 0.0287. The predicted molar refractivity (Wildman–Crippen MR) is 157 cm³/mol. The number of sulfonamides is 1. The summed E-state index contributed by atoms with van der Waals surface area (Å²) in [7, 11) is -3.84. The highest BCUT2D eigenvalue weighted by atomic mass is 32.2. The van der Waals surface area contributed by atoms with Gasteiger partial charge >= 0.3 is 0 Å². The Morgan fingerprint density at radius 1 is 0.821 bits per heavy atom. The van der Waals surface area contributed by atoms with Crippen molar-refractivity contribution in [1.29, 1.82) is 0 Å². The van der Waals surface area contributed by atoms with Gasteiger partial charge in [-0.1, -0.05) is 94.4 Å². The first kappa shape index (κ1) is 29.0. The lowest BCUT2D eigenvalue weighted by Crippen LogP contribution is -2.56. The number of benzene rings is 3. The second-order valence-electron chi connectivity index (χ2n) is 11.1. The van der Waals surface area contributed by atoms with Gasteiger partial charge in [-0.2, -0.15) is 4.31 Å². The highest BCUT2D eigenvalue weighted by Crippen LogP contribution is 2.27. The number of nitrogens with zero attached hydrogens (tertiary/aromatic N) is 1. The molecule has 3 aromatic rings. The van der Waals surface area contributed by atoms with Crippen molar-refractivity contribution in [3.8, 4) is 0 Å². The van der Waals surface area contributed by atoms with Crippen LogP contribution in [0.25, 0.3) is 0 Å². The van der Waals surface area contributed by atoms with Crippen LogP contribution < -0.4 is 10.6 Å². The molecule has 0 aliphatic carbocycles. The maximum absolute atomic E-state index is 13.8. The highest BCUT2D eigenvalue weighted by Gasteiger charge is 2.40. The average molecular weight is 548 g/mol. The van der Waals surface area contributed by atoms with Gasteiger partial charge in [-0.25, -0.2) is 8.42 Å². The van der Waals surface area contributed by atoms with Gasteiger partial charge in [-0.15, -0.1) is 0 Å². The van der Waals surface area contributed by atoms with Gasteiger partial charge in [0.1, 0.15) is 6.04 Å². The number of hydrogen-bond donors (Lipinski definition) is 2. The summed E-state index contributed by atoms with van der Waals surface area (Å²) in [6.45, 7) is 9.75. The van der Waals surface area contributed by atoms with Gasteiger partial charge in [0.25, 0.3) is 0 Å². The summed E-state index contributed by atoms with van der Waals surface area (Å²) in [6.07, 6.45) is 1.05. The number of carbonyl (C=O) groups excluding carboxylic acids is 1. The van der Waals surface area contributed by atoms with E-state index in [2.05, 4.69) is 62.6 Å². The second-order valence-corrected chi connectivity index (χ2v) is 12.9. The zero-order chi connectivity index (χ0) is 28.0. The fourth-order valence-electron chi connectivity index (χ4n) is 5.00. The quantitative estimate of drug-likeness (QED) is 0.348. The Hall–Kier alpha value is -3.00. The molecule has 7 heteroatoms. The van der Waals surface area contributed by atoms with E-state index in [-0.39, 0.29) is 23.4 Å². The molecule has 0 bridgehead atoms. The molecule has 1 saturated heterocycles. The zero-order valence-electron chi connectivity index (χ0n) is 23.4. The van der Waals surface area contributed by atoms with Gasteiger partial charge in [0, 0.05) is 25.7 Å². The van der Waals surface area contributed by atoms with Gasteiger partial charge in [0.05, 0.1) is 4.90 Å². The van der Waals surface area contributed by atoms with Gasteiger partial charge in [0.15, 0.2) is 0 Å². The van der Waals surface area contributed by atoms with Crippen LogP contribution in [0.15, 0.2) is 83.8 Å². The number of rotatable bonds is 10. The molecule has 208 valence electrons. The summed E-state index contributed by atoms with van der Waals surface area (Å²) in [4.78, 5) is 13.8. The molecule has 1 aliphatic heterocycles. The fraction of sp³-hybridized carbons (Fsp3) is 0.406. The molecule has 0 saturated carbocycles. The van der Waals surface area contributed by atoms with Gasteiger partial charge in [-0.3, -0.25) is 4.79 Å². The third-order valence-corrected chi connectivity index (χ3v) is 9.48. The Balaban J connectivity index is 1.51. The van der Waals surface area contributed by atoms with Crippen molar-refractivity contribution in [1.82, 2.24) is 14.9 Å². The molecular weight excluding hydrogens is 506 g/mol. The molecule has 4 rings (SSSR count). The van der Waals surface area contributed by atoms with Crippen LogP contribution in [-0.4, -0.2) is 37.3 Å². The minimum Gasteiger partial charge on any atom is -0.351 e. The molecule has 2 N–H and O–H groups in total. The topological polar surface area (TPSA) is 78.5 Å². The number of amides is 1. The molecule has 6 nitrogen and oxygen atoms in total. The van der Waals surface area contributed by atoms with E-state index < -0.39 is 16.1 Å². The van der Waals surface area contributed by atoms with Gasteiger partial charge < -0.3 is 10.6 Å². The van der Waals surface area contributed by atoms with E-state index in [0.717, 1.165) is 16.7 Å². The standard InChI is InChI=1S/C32H41N3O3S/c1-23(2)27-12-10-26(11-13-27)22-34-32(36)31-20-29(33-21-25-8-6-5-7-9-25)18-19-35(31)39(37,38)30-16-14-28(15-17-30)24(3)4/h5-17,23-24,29,31,33H,18-22H2,1-4H3,(H,34,36)/t29-,31-/m1/s1. The van der Waals surface area contributed by atoms with Crippen molar-refractivity contribution in [3.63, 3.8) is 0 Å². The molecule has 39 heavy (non-hydrogen) atoms. The van der Waals surface area contributed by atoms with Gasteiger partial charge in [0.2, 0.25) is 15.9 Å². The van der Waals surface area contributed by atoms with Crippen molar-refractivity contribution in [2.45, 2.75) is 82.4 Å². The normalized spacial score (nSPS) is 18.4. The zero-order valence-corrected chi connectivity index (χ0v) is 24.2. The van der Waals surface area contributed by atoms with Crippen LogP contribution >= 0.6 is 0 Å². The first-order chi connectivity index (χ1) is 18.6. The highest BCUT2D eigenvalue weighted by molar-refractivity contribution is 7.89. The largest absolute Gasteiger partial charge is 0.351 e. The summed E-state index contributed by atoms with van der Waals surface area (Å²) in [5.41, 5.74) is 4.46. The van der Waals surface area contributed by atoms with Crippen molar-refractivity contribution >= 4 is 15.9 Å². The Kier molecular flexibility index (Phi) is 9.59. The van der Waals surface area contributed by atoms with Crippen molar-refractivity contribution < 1.29 is 13.2 Å². The summed E-state index contributed by atoms with van der Waals surface area (Å²) in [6, 6.07) is 24.6. The number of nitrogens with one attached hydrogen (secondary N) is 2. The first-order valence-corrected chi connectivity index (χ1v) is 15.3. The number of hydrogen-bond acceptors (Lipinski definition) is 4. The van der Waals surface area contributed by atoms with E-state index in [0.29, 0.717) is 37.8 Å². The summed E-state index contributed by atoms with van der Waals surface area (Å²) in [5, 5.41) is 6.56. The van der Waals surface area contributed by atoms with E-state index in [1.807, 2.05) is 42.5 Å². The van der Waals surface area contributed by atoms with Gasteiger partial charge in [-0.05, 0) is 59.1 Å². The number of piperidine rings is 1. The molecule has 1 fully saturated rings. The van der Waals surface area contributed by atoms with Crippen LogP contribution in [0.5, 0.6) is 0 Å². The van der Waals surface area contributed by atoms with Crippen LogP contribution in [0.1, 0.15) is 74.6 Å². The third kappa shape index (κ3) is 7.35. The molecule has 1 amide bonds. The molecular formula is C32H41N3O3S. The molecule has 1 heterocycles. The summed E-state index contributed by atoms with van der Waals surface area (Å²) < 4.78 is 28.9. The maximum Gasteiger partial charge on any atom is 0.243 e. The lowest BCUT2D eigenvalue weighted by Gasteiger charge is -2.38. The summed E-state index contributed by atoms with van der Waals surface area (Å²) >= 11 is 0. The van der Waals surface area contributed by atoms with Crippen molar-refractivity contribution in [2.24, 2.45) is 0 Å².